The standard InChI is InChI=1S/C20H15ClF3NO7/c1-3-12(10-18(26)30-2)32-19(27)14-9-13(5-6-16(14)25(28)29)31-17-7-4-11(8-15(17)21)20(22,23)24/h4-10H,3H2,1-2H3/b12-10+. The van der Waals surface area contributed by atoms with Gasteiger partial charge in [-0.2, -0.15) is 13.2 Å². The molecule has 0 aliphatic carbocycles. The predicted octanol–water partition coefficient (Wildman–Crippen LogP) is 5.68. The largest absolute Gasteiger partial charge is 0.466 e. The van der Waals surface area contributed by atoms with Gasteiger partial charge in [-0.05, 0) is 24.3 Å². The summed E-state index contributed by atoms with van der Waals surface area (Å²) < 4.78 is 53.2. The molecule has 0 saturated carbocycles. The van der Waals surface area contributed by atoms with Gasteiger partial charge in [0.2, 0.25) is 0 Å². The minimum atomic E-state index is -4.61. The monoisotopic (exact) mass is 473 g/mol. The normalized spacial score (nSPS) is 11.6. The molecule has 8 nitrogen and oxygen atoms in total. The molecule has 12 heteroatoms. The van der Waals surface area contributed by atoms with E-state index >= 15 is 0 Å². The maximum Gasteiger partial charge on any atom is 0.416 e. The van der Waals surface area contributed by atoms with E-state index in [1.165, 1.54) is 0 Å². The summed E-state index contributed by atoms with van der Waals surface area (Å²) in [6.07, 6.45) is -3.60. The molecule has 0 spiro atoms. The average molecular weight is 474 g/mol. The number of esters is 2. The molecule has 170 valence electrons. The molecule has 32 heavy (non-hydrogen) atoms. The number of halogens is 4. The quantitative estimate of drug-likeness (QED) is 0.167. The molecule has 0 bridgehead atoms. The van der Waals surface area contributed by atoms with E-state index in [2.05, 4.69) is 4.74 Å². The van der Waals surface area contributed by atoms with Gasteiger partial charge in [0.05, 0.1) is 28.7 Å². The van der Waals surface area contributed by atoms with Crippen molar-refractivity contribution in [1.82, 2.24) is 0 Å². The Labute approximate surface area is 184 Å². The first-order valence-electron chi connectivity index (χ1n) is 8.80. The van der Waals surface area contributed by atoms with Crippen molar-refractivity contribution in [2.75, 3.05) is 7.11 Å². The van der Waals surface area contributed by atoms with Crippen LogP contribution in [0, 0.1) is 10.1 Å². The number of carbonyl (C=O) groups is 2. The number of nitrogens with zero attached hydrogens (tertiary/aromatic N) is 1. The molecule has 2 rings (SSSR count). The summed E-state index contributed by atoms with van der Waals surface area (Å²) in [5.41, 5.74) is -2.12. The highest BCUT2D eigenvalue weighted by Crippen LogP contribution is 2.37. The third-order valence-electron chi connectivity index (χ3n) is 3.92. The zero-order valence-corrected chi connectivity index (χ0v) is 17.3. The van der Waals surface area contributed by atoms with Crippen LogP contribution in [-0.4, -0.2) is 24.0 Å². The number of methoxy groups -OCH3 is 1. The zero-order valence-electron chi connectivity index (χ0n) is 16.6. The van der Waals surface area contributed by atoms with E-state index < -0.39 is 39.9 Å². The highest BCUT2D eigenvalue weighted by atomic mass is 35.5. The Morgan fingerprint density at radius 2 is 1.88 bits per heavy atom. The molecule has 0 aliphatic heterocycles. The van der Waals surface area contributed by atoms with Crippen molar-refractivity contribution in [1.29, 1.82) is 0 Å². The van der Waals surface area contributed by atoms with Crippen LogP contribution in [0.3, 0.4) is 0 Å². The highest BCUT2D eigenvalue weighted by Gasteiger charge is 2.31. The first kappa shape index (κ1) is 24.7. The van der Waals surface area contributed by atoms with Gasteiger partial charge < -0.3 is 14.2 Å². The second-order valence-corrected chi connectivity index (χ2v) is 6.47. The molecule has 2 aromatic carbocycles. The van der Waals surface area contributed by atoms with Crippen molar-refractivity contribution in [2.45, 2.75) is 19.5 Å². The van der Waals surface area contributed by atoms with Crippen LogP contribution in [-0.2, 0) is 20.4 Å². The highest BCUT2D eigenvalue weighted by molar-refractivity contribution is 6.32. The molecule has 0 radical (unpaired) electrons. The Balaban J connectivity index is 2.38. The lowest BCUT2D eigenvalue weighted by atomic mass is 10.1. The van der Waals surface area contributed by atoms with Gasteiger partial charge in [-0.25, -0.2) is 9.59 Å². The molecular formula is C20H15ClF3NO7. The van der Waals surface area contributed by atoms with E-state index in [4.69, 9.17) is 21.1 Å². The number of allylic oxidation sites excluding steroid dienone is 1. The first-order chi connectivity index (χ1) is 15.0. The number of nitro benzene ring substituents is 1. The van der Waals surface area contributed by atoms with Crippen LogP contribution >= 0.6 is 11.6 Å². The fourth-order valence-electron chi connectivity index (χ4n) is 2.36. The second-order valence-electron chi connectivity index (χ2n) is 6.06. The van der Waals surface area contributed by atoms with Crippen LogP contribution in [0.2, 0.25) is 5.02 Å². The van der Waals surface area contributed by atoms with Crippen LogP contribution in [0.25, 0.3) is 0 Å². The third-order valence-corrected chi connectivity index (χ3v) is 4.22. The van der Waals surface area contributed by atoms with Gasteiger partial charge in [-0.1, -0.05) is 18.5 Å². The topological polar surface area (TPSA) is 105 Å². The number of nitro groups is 1. The van der Waals surface area contributed by atoms with Crippen molar-refractivity contribution >= 4 is 29.2 Å². The maximum absolute atomic E-state index is 12.8. The molecular weight excluding hydrogens is 459 g/mol. The number of carbonyl (C=O) groups excluding carboxylic acids is 2. The maximum atomic E-state index is 12.8. The van der Waals surface area contributed by atoms with Crippen molar-refractivity contribution in [2.24, 2.45) is 0 Å². The molecule has 0 heterocycles. The van der Waals surface area contributed by atoms with Crippen LogP contribution < -0.4 is 4.74 Å². The Morgan fingerprint density at radius 3 is 2.41 bits per heavy atom. The zero-order chi connectivity index (χ0) is 24.1. The number of rotatable bonds is 7. The van der Waals surface area contributed by atoms with Crippen LogP contribution in [0.5, 0.6) is 11.5 Å². The predicted molar refractivity (Wildman–Crippen MR) is 105 cm³/mol. The van der Waals surface area contributed by atoms with Crippen LogP contribution in [0.15, 0.2) is 48.2 Å². The van der Waals surface area contributed by atoms with Gasteiger partial charge >= 0.3 is 18.1 Å². The Morgan fingerprint density at radius 1 is 1.19 bits per heavy atom. The lowest BCUT2D eigenvalue weighted by molar-refractivity contribution is -0.385. The molecule has 0 fully saturated rings. The fourth-order valence-corrected chi connectivity index (χ4v) is 2.58. The molecule has 2 aromatic rings. The van der Waals surface area contributed by atoms with Crippen molar-refractivity contribution in [3.8, 4) is 11.5 Å². The Hall–Kier alpha value is -3.60. The summed E-state index contributed by atoms with van der Waals surface area (Å²) in [5.74, 6) is -2.35. The number of benzene rings is 2. The average Bonchev–Trinajstić information content (AvgIpc) is 2.73. The molecule has 0 N–H and O–H groups in total. The Kier molecular flexibility index (Phi) is 7.82. The Bertz CT molecular complexity index is 1080. The number of hydrogen-bond acceptors (Lipinski definition) is 7. The van der Waals surface area contributed by atoms with Crippen molar-refractivity contribution in [3.05, 3.63) is 74.5 Å². The number of hydrogen-bond donors (Lipinski definition) is 0. The summed E-state index contributed by atoms with van der Waals surface area (Å²) in [6, 6.07) is 5.43. The van der Waals surface area contributed by atoms with Gasteiger partial charge in [0.15, 0.2) is 0 Å². The van der Waals surface area contributed by atoms with Crippen LogP contribution in [0.1, 0.15) is 29.3 Å². The molecule has 0 atom stereocenters. The SMILES string of the molecule is CC/C(=C\C(=O)OC)OC(=O)c1cc(Oc2ccc(C(F)(F)F)cc2Cl)ccc1[N+](=O)[O-]. The summed E-state index contributed by atoms with van der Waals surface area (Å²) in [6.45, 7) is 1.57. The van der Waals surface area contributed by atoms with E-state index in [9.17, 15) is 32.9 Å². The van der Waals surface area contributed by atoms with E-state index in [1.807, 2.05) is 0 Å². The summed E-state index contributed by atoms with van der Waals surface area (Å²) in [7, 11) is 1.12. The fraction of sp³-hybridized carbons (Fsp3) is 0.200. The molecule has 0 aliphatic rings. The van der Waals surface area contributed by atoms with Crippen molar-refractivity contribution in [3.63, 3.8) is 0 Å². The molecule has 0 amide bonds. The van der Waals surface area contributed by atoms with Gasteiger partial charge in [0.25, 0.3) is 5.69 Å². The van der Waals surface area contributed by atoms with E-state index in [0.29, 0.717) is 6.07 Å². The molecule has 0 unspecified atom stereocenters. The number of ether oxygens (including phenoxy) is 3. The number of alkyl halides is 3. The van der Waals surface area contributed by atoms with Gasteiger partial charge in [0.1, 0.15) is 22.8 Å². The van der Waals surface area contributed by atoms with E-state index in [1.54, 1.807) is 6.92 Å². The van der Waals surface area contributed by atoms with E-state index in [-0.39, 0.29) is 28.7 Å². The smallest absolute Gasteiger partial charge is 0.416 e. The minimum Gasteiger partial charge on any atom is -0.466 e. The van der Waals surface area contributed by atoms with Gasteiger partial charge in [-0.3, -0.25) is 10.1 Å². The lowest BCUT2D eigenvalue weighted by Gasteiger charge is -2.12. The summed E-state index contributed by atoms with van der Waals surface area (Å²) in [5, 5.41) is 10.9. The molecule has 0 aromatic heterocycles. The van der Waals surface area contributed by atoms with Crippen LogP contribution in [0.4, 0.5) is 18.9 Å². The third kappa shape index (κ3) is 6.20. The lowest BCUT2D eigenvalue weighted by Crippen LogP contribution is -2.10. The second kappa shape index (κ2) is 10.1. The van der Waals surface area contributed by atoms with Crippen molar-refractivity contribution < 1.29 is 41.9 Å². The first-order valence-corrected chi connectivity index (χ1v) is 9.17. The summed E-state index contributed by atoms with van der Waals surface area (Å²) in [4.78, 5) is 34.3. The minimum absolute atomic E-state index is 0.103. The van der Waals surface area contributed by atoms with Gasteiger partial charge in [-0.15, -0.1) is 0 Å². The molecule has 0 saturated heterocycles. The summed E-state index contributed by atoms with van der Waals surface area (Å²) >= 11 is 5.84. The van der Waals surface area contributed by atoms with Gasteiger partial charge in [0, 0.05) is 18.6 Å². The van der Waals surface area contributed by atoms with E-state index in [0.717, 1.165) is 43.5 Å².